The largest absolute Gasteiger partial charge is 0.396 e. The number of aliphatic hydroxyl groups excluding tert-OH is 1. The highest BCUT2D eigenvalue weighted by Gasteiger charge is 2.27. The van der Waals surface area contributed by atoms with Crippen LogP contribution in [0.15, 0.2) is 15.8 Å². The molecule has 5 nitrogen and oxygen atoms in total. The summed E-state index contributed by atoms with van der Waals surface area (Å²) in [6, 6.07) is 0. The predicted octanol–water partition coefficient (Wildman–Crippen LogP) is 0.599. The van der Waals surface area contributed by atoms with E-state index in [4.69, 9.17) is 11.6 Å². The summed E-state index contributed by atoms with van der Waals surface area (Å²) in [5.74, 6) is 0.521. The van der Waals surface area contributed by atoms with Gasteiger partial charge in [0.05, 0.1) is 0 Å². The van der Waals surface area contributed by atoms with Crippen LogP contribution in [0.5, 0.6) is 0 Å². The minimum atomic E-state index is -0.557. The summed E-state index contributed by atoms with van der Waals surface area (Å²) in [7, 11) is 0. The zero-order valence-electron chi connectivity index (χ0n) is 9.36. The highest BCUT2D eigenvalue weighted by molar-refractivity contribution is 6.30. The molecule has 1 aliphatic rings. The van der Waals surface area contributed by atoms with Gasteiger partial charge in [-0.25, -0.2) is 4.79 Å². The van der Waals surface area contributed by atoms with Crippen LogP contribution in [0, 0.1) is 11.8 Å². The van der Waals surface area contributed by atoms with Crippen molar-refractivity contribution in [2.24, 2.45) is 11.8 Å². The van der Waals surface area contributed by atoms with Crippen molar-refractivity contribution in [2.45, 2.75) is 25.8 Å². The van der Waals surface area contributed by atoms with Gasteiger partial charge in [-0.1, -0.05) is 18.0 Å². The Kier molecular flexibility index (Phi) is 3.69. The number of nitrogens with one attached hydrogen (secondary N) is 1. The number of aromatic nitrogens is 2. The maximum Gasteiger partial charge on any atom is 0.328 e. The van der Waals surface area contributed by atoms with Crippen LogP contribution < -0.4 is 11.2 Å². The summed E-state index contributed by atoms with van der Waals surface area (Å²) >= 11 is 5.69. The number of rotatable bonds is 3. The van der Waals surface area contributed by atoms with Crippen molar-refractivity contribution in [3.05, 3.63) is 32.1 Å². The summed E-state index contributed by atoms with van der Waals surface area (Å²) in [5, 5.41) is 9.23. The van der Waals surface area contributed by atoms with Gasteiger partial charge in [-0.15, -0.1) is 0 Å². The predicted molar refractivity (Wildman–Crippen MR) is 64.2 cm³/mol. The molecule has 2 rings (SSSR count). The number of nitrogens with zero attached hydrogens (tertiary/aromatic N) is 1. The van der Waals surface area contributed by atoms with Gasteiger partial charge in [-0.2, -0.15) is 0 Å². The summed E-state index contributed by atoms with van der Waals surface area (Å²) in [5.41, 5.74) is -0.999. The average Bonchev–Trinajstić information content (AvgIpc) is 2.73. The minimum absolute atomic E-state index is 0.0168. The molecule has 6 heteroatoms. The molecule has 0 unspecified atom stereocenters. The first-order chi connectivity index (χ1) is 8.11. The molecule has 94 valence electrons. The van der Waals surface area contributed by atoms with Crippen molar-refractivity contribution in [3.63, 3.8) is 0 Å². The maximum atomic E-state index is 11.6. The first kappa shape index (κ1) is 12.4. The van der Waals surface area contributed by atoms with Crippen molar-refractivity contribution in [1.82, 2.24) is 9.55 Å². The van der Waals surface area contributed by atoms with Gasteiger partial charge in [-0.3, -0.25) is 14.3 Å². The average molecular weight is 259 g/mol. The molecule has 0 bridgehead atoms. The monoisotopic (exact) mass is 258 g/mol. The van der Waals surface area contributed by atoms with Gasteiger partial charge >= 0.3 is 5.69 Å². The number of aromatic amines is 1. The molecule has 1 aliphatic carbocycles. The van der Waals surface area contributed by atoms with Gasteiger partial charge < -0.3 is 5.11 Å². The Morgan fingerprint density at radius 2 is 2.12 bits per heavy atom. The number of H-pyrrole nitrogens is 1. The number of hydrogen-bond donors (Lipinski definition) is 2. The Labute approximate surface area is 103 Å². The van der Waals surface area contributed by atoms with E-state index in [9.17, 15) is 14.7 Å². The number of hydrogen-bond acceptors (Lipinski definition) is 3. The van der Waals surface area contributed by atoms with Crippen LogP contribution in [0.4, 0.5) is 0 Å². The van der Waals surface area contributed by atoms with E-state index in [1.54, 1.807) is 0 Å². The lowest BCUT2D eigenvalue weighted by atomic mass is 9.97. The minimum Gasteiger partial charge on any atom is -0.396 e. The van der Waals surface area contributed by atoms with Crippen molar-refractivity contribution in [3.8, 4) is 0 Å². The van der Waals surface area contributed by atoms with Crippen molar-refractivity contribution >= 4 is 11.6 Å². The van der Waals surface area contributed by atoms with E-state index in [0.29, 0.717) is 6.54 Å². The molecule has 0 aliphatic heterocycles. The topological polar surface area (TPSA) is 75.1 Å². The normalized spacial score (nSPS) is 24.1. The van der Waals surface area contributed by atoms with E-state index < -0.39 is 11.2 Å². The first-order valence-electron chi connectivity index (χ1n) is 5.72. The Morgan fingerprint density at radius 1 is 1.41 bits per heavy atom. The molecule has 1 heterocycles. The molecule has 0 radical (unpaired) electrons. The molecule has 0 aromatic carbocycles. The molecule has 1 saturated carbocycles. The van der Waals surface area contributed by atoms with E-state index in [0.717, 1.165) is 19.3 Å². The Morgan fingerprint density at radius 3 is 2.82 bits per heavy atom. The fraction of sp³-hybridized carbons (Fsp3) is 0.636. The molecule has 0 saturated heterocycles. The third-order valence-electron chi connectivity index (χ3n) is 3.45. The van der Waals surface area contributed by atoms with Crippen LogP contribution in [0.1, 0.15) is 19.3 Å². The van der Waals surface area contributed by atoms with Gasteiger partial charge in [0.25, 0.3) is 5.56 Å². The van der Waals surface area contributed by atoms with E-state index in [1.165, 1.54) is 10.8 Å². The Bertz CT molecular complexity index is 508. The Balaban J connectivity index is 2.21. The molecule has 1 aromatic rings. The fourth-order valence-corrected chi connectivity index (χ4v) is 2.63. The molecule has 2 N–H and O–H groups in total. The van der Waals surface area contributed by atoms with Crippen molar-refractivity contribution in [1.29, 1.82) is 0 Å². The lowest BCUT2D eigenvalue weighted by Crippen LogP contribution is -2.32. The number of aliphatic hydroxyl groups is 1. The second kappa shape index (κ2) is 5.06. The fourth-order valence-electron chi connectivity index (χ4n) is 2.47. The summed E-state index contributed by atoms with van der Waals surface area (Å²) in [4.78, 5) is 24.8. The van der Waals surface area contributed by atoms with E-state index in [2.05, 4.69) is 4.98 Å². The third kappa shape index (κ3) is 2.61. The zero-order valence-corrected chi connectivity index (χ0v) is 10.1. The maximum absolute atomic E-state index is 11.6. The van der Waals surface area contributed by atoms with Gasteiger partial charge in [-0.05, 0) is 24.7 Å². The van der Waals surface area contributed by atoms with Crippen LogP contribution in [0.25, 0.3) is 0 Å². The first-order valence-corrected chi connectivity index (χ1v) is 6.09. The second-order valence-corrected chi connectivity index (χ2v) is 4.93. The highest BCUT2D eigenvalue weighted by atomic mass is 35.5. The molecule has 0 spiro atoms. The summed E-state index contributed by atoms with van der Waals surface area (Å²) in [6.07, 6.45) is 4.43. The molecular weight excluding hydrogens is 244 g/mol. The molecule has 0 amide bonds. The highest BCUT2D eigenvalue weighted by Crippen LogP contribution is 2.32. The lowest BCUT2D eigenvalue weighted by Gasteiger charge is -2.18. The van der Waals surface area contributed by atoms with Crippen molar-refractivity contribution in [2.75, 3.05) is 6.61 Å². The van der Waals surface area contributed by atoms with Gasteiger partial charge in [0.2, 0.25) is 0 Å². The van der Waals surface area contributed by atoms with E-state index in [-0.39, 0.29) is 23.5 Å². The van der Waals surface area contributed by atoms with Crippen molar-refractivity contribution < 1.29 is 5.11 Å². The standard InChI is InChI=1S/C11H15ClN2O3/c12-9-5-14(11(17)13-10(9)16)4-7-2-1-3-8(7)6-15/h5,7-8,15H,1-4,6H2,(H,13,16,17)/t7-,8+/m0/s1. The molecular formula is C11H15ClN2O3. The third-order valence-corrected chi connectivity index (χ3v) is 3.72. The lowest BCUT2D eigenvalue weighted by molar-refractivity contribution is 0.183. The molecule has 1 aromatic heterocycles. The summed E-state index contributed by atoms with van der Waals surface area (Å²) < 4.78 is 1.42. The van der Waals surface area contributed by atoms with Crippen LogP contribution in [0.3, 0.4) is 0 Å². The van der Waals surface area contributed by atoms with Gasteiger partial charge in [0.1, 0.15) is 5.02 Å². The van der Waals surface area contributed by atoms with Gasteiger partial charge in [0, 0.05) is 19.3 Å². The van der Waals surface area contributed by atoms with Gasteiger partial charge in [0.15, 0.2) is 0 Å². The number of halogens is 1. The molecule has 2 atom stereocenters. The second-order valence-electron chi connectivity index (χ2n) is 4.52. The van der Waals surface area contributed by atoms with Crippen LogP contribution in [0.2, 0.25) is 5.02 Å². The van der Waals surface area contributed by atoms with E-state index >= 15 is 0 Å². The Hall–Kier alpha value is -1.07. The summed E-state index contributed by atoms with van der Waals surface area (Å²) in [6.45, 7) is 0.650. The van der Waals surface area contributed by atoms with Crippen LogP contribution in [-0.4, -0.2) is 21.3 Å². The van der Waals surface area contributed by atoms with Crippen LogP contribution in [-0.2, 0) is 6.54 Å². The zero-order chi connectivity index (χ0) is 12.4. The van der Waals surface area contributed by atoms with Crippen LogP contribution >= 0.6 is 11.6 Å². The molecule has 1 fully saturated rings. The van der Waals surface area contributed by atoms with E-state index in [1.807, 2.05) is 0 Å². The quantitative estimate of drug-likeness (QED) is 0.834. The smallest absolute Gasteiger partial charge is 0.328 e. The molecule has 17 heavy (non-hydrogen) atoms. The SMILES string of the molecule is O=c1[nH]c(=O)n(C[C@@H]2CCC[C@@H]2CO)cc1Cl.